The number of fused-ring (bicyclic) bond motifs is 1. The number of furan rings is 1. The van der Waals surface area contributed by atoms with E-state index >= 15 is 0 Å². The highest BCUT2D eigenvalue weighted by Crippen LogP contribution is 2.36. The van der Waals surface area contributed by atoms with E-state index in [1.165, 1.54) is 0 Å². The summed E-state index contributed by atoms with van der Waals surface area (Å²) >= 11 is 0. The highest BCUT2D eigenvalue weighted by Gasteiger charge is 2.17. The maximum Gasteiger partial charge on any atom is 0.247 e. The number of nitrogens with two attached hydrogens (primary N) is 1. The van der Waals surface area contributed by atoms with Gasteiger partial charge in [-0.2, -0.15) is 10.2 Å². The van der Waals surface area contributed by atoms with Crippen molar-refractivity contribution in [1.82, 2.24) is 9.97 Å². The molecule has 0 bridgehead atoms. The molecule has 0 saturated heterocycles. The number of nitrogens with zero attached hydrogens (tertiary/aromatic N) is 3. The van der Waals surface area contributed by atoms with Gasteiger partial charge in [-0.25, -0.2) is 4.98 Å². The van der Waals surface area contributed by atoms with Crippen molar-refractivity contribution in [2.45, 2.75) is 6.92 Å². The third-order valence-corrected chi connectivity index (χ3v) is 2.79. The second-order valence-electron chi connectivity index (χ2n) is 4.19. The fourth-order valence-corrected chi connectivity index (χ4v) is 1.84. The minimum absolute atomic E-state index is 0.0998. The number of rotatable bonds is 2. The number of anilines is 1. The summed E-state index contributed by atoms with van der Waals surface area (Å²) in [4.78, 5) is 7.89. The number of para-hydroxylation sites is 1. The minimum Gasteiger partial charge on any atom is -0.442 e. The van der Waals surface area contributed by atoms with E-state index in [0.717, 1.165) is 0 Å². The maximum absolute atomic E-state index is 9.14. The molecule has 0 aliphatic carbocycles. The molecule has 0 spiro atoms. The normalized spacial score (nSPS) is 10.4. The molecule has 3 rings (SSSR count). The minimum atomic E-state index is 0.0998. The molecule has 0 saturated carbocycles. The van der Waals surface area contributed by atoms with Crippen molar-refractivity contribution in [2.75, 3.05) is 5.73 Å². The molecule has 2 aromatic heterocycles. The average Bonchev–Trinajstić information content (AvgIpc) is 2.81. The van der Waals surface area contributed by atoms with E-state index in [9.17, 15) is 0 Å². The van der Waals surface area contributed by atoms with Gasteiger partial charge in [0, 0.05) is 11.8 Å². The van der Waals surface area contributed by atoms with Crippen LogP contribution in [-0.4, -0.2) is 9.97 Å². The lowest BCUT2D eigenvalue weighted by atomic mass is 10.2. The summed E-state index contributed by atoms with van der Waals surface area (Å²) in [7, 11) is 0. The topological polar surface area (TPSA) is 98.0 Å². The first-order valence-corrected chi connectivity index (χ1v) is 5.87. The molecule has 0 aliphatic rings. The second kappa shape index (κ2) is 4.55. The molecule has 2 N–H and O–H groups in total. The number of aromatic nitrogens is 2. The lowest BCUT2D eigenvalue weighted by Gasteiger charge is -2.06. The Morgan fingerprint density at radius 2 is 2.15 bits per heavy atom. The summed E-state index contributed by atoms with van der Waals surface area (Å²) in [5.41, 5.74) is 6.85. The number of hydrogen-bond donors (Lipinski definition) is 1. The van der Waals surface area contributed by atoms with Crippen LogP contribution in [0.25, 0.3) is 11.0 Å². The Labute approximate surface area is 114 Å². The Bertz CT molecular complexity index is 833. The highest BCUT2D eigenvalue weighted by molar-refractivity contribution is 5.86. The van der Waals surface area contributed by atoms with Crippen LogP contribution in [0.2, 0.25) is 0 Å². The van der Waals surface area contributed by atoms with E-state index in [0.29, 0.717) is 28.2 Å². The van der Waals surface area contributed by atoms with Crippen molar-refractivity contribution >= 4 is 16.9 Å². The summed E-state index contributed by atoms with van der Waals surface area (Å²) in [6, 6.07) is 9.22. The van der Waals surface area contributed by atoms with Gasteiger partial charge >= 0.3 is 0 Å². The Balaban J connectivity index is 2.15. The van der Waals surface area contributed by atoms with Crippen LogP contribution in [0.5, 0.6) is 11.6 Å². The van der Waals surface area contributed by atoms with E-state index in [1.54, 1.807) is 19.2 Å². The Morgan fingerprint density at radius 1 is 1.35 bits per heavy atom. The first kappa shape index (κ1) is 12.0. The number of benzene rings is 1. The largest absolute Gasteiger partial charge is 0.442 e. The summed E-state index contributed by atoms with van der Waals surface area (Å²) in [6.45, 7) is 1.79. The number of hydrogen-bond acceptors (Lipinski definition) is 6. The smallest absolute Gasteiger partial charge is 0.247 e. The molecule has 20 heavy (non-hydrogen) atoms. The van der Waals surface area contributed by atoms with Gasteiger partial charge in [0.2, 0.25) is 17.6 Å². The molecule has 0 unspecified atom stereocenters. The Hall–Kier alpha value is -3.07. The van der Waals surface area contributed by atoms with Gasteiger partial charge in [-0.05, 0) is 19.1 Å². The van der Waals surface area contributed by atoms with E-state index in [-0.39, 0.29) is 11.7 Å². The molecule has 98 valence electrons. The molecule has 3 aromatic rings. The van der Waals surface area contributed by atoms with E-state index < -0.39 is 0 Å². The SMILES string of the molecule is Cc1cnc(N)nc1Oc1c(C#N)oc2ccccc12. The Morgan fingerprint density at radius 3 is 2.95 bits per heavy atom. The van der Waals surface area contributed by atoms with Crippen LogP contribution in [0.15, 0.2) is 34.9 Å². The van der Waals surface area contributed by atoms with Crippen LogP contribution in [-0.2, 0) is 0 Å². The number of nitrogen functional groups attached to an aromatic ring is 1. The van der Waals surface area contributed by atoms with Crippen LogP contribution in [0.4, 0.5) is 5.95 Å². The van der Waals surface area contributed by atoms with Crippen molar-refractivity contribution in [1.29, 1.82) is 5.26 Å². The number of nitriles is 1. The van der Waals surface area contributed by atoms with Gasteiger partial charge in [0.25, 0.3) is 0 Å². The Kier molecular flexibility index (Phi) is 2.73. The second-order valence-corrected chi connectivity index (χ2v) is 4.19. The van der Waals surface area contributed by atoms with Gasteiger partial charge in [-0.15, -0.1) is 0 Å². The van der Waals surface area contributed by atoms with Crippen LogP contribution in [0, 0.1) is 18.3 Å². The van der Waals surface area contributed by atoms with Crippen molar-refractivity contribution < 1.29 is 9.15 Å². The highest BCUT2D eigenvalue weighted by atomic mass is 16.5. The predicted molar refractivity (Wildman–Crippen MR) is 72.2 cm³/mol. The van der Waals surface area contributed by atoms with E-state index in [1.807, 2.05) is 24.3 Å². The number of aryl methyl sites for hydroxylation is 1. The maximum atomic E-state index is 9.14. The predicted octanol–water partition coefficient (Wildman–Crippen LogP) is 2.78. The molecule has 2 heterocycles. The van der Waals surface area contributed by atoms with Crippen LogP contribution in [0.3, 0.4) is 0 Å². The summed E-state index contributed by atoms with van der Waals surface area (Å²) in [5, 5.41) is 9.85. The lowest BCUT2D eigenvalue weighted by Crippen LogP contribution is -1.99. The van der Waals surface area contributed by atoms with Gasteiger partial charge in [0.15, 0.2) is 5.75 Å². The third-order valence-electron chi connectivity index (χ3n) is 2.79. The summed E-state index contributed by atoms with van der Waals surface area (Å²) in [5.74, 6) is 0.851. The van der Waals surface area contributed by atoms with Gasteiger partial charge in [0.05, 0.1) is 5.39 Å². The molecule has 0 amide bonds. The molecule has 0 fully saturated rings. The molecule has 0 radical (unpaired) electrons. The van der Waals surface area contributed by atoms with Crippen LogP contribution >= 0.6 is 0 Å². The third kappa shape index (κ3) is 1.91. The lowest BCUT2D eigenvalue weighted by molar-refractivity contribution is 0.446. The van der Waals surface area contributed by atoms with Gasteiger partial charge in [-0.3, -0.25) is 0 Å². The molecule has 0 atom stereocenters. The fraction of sp³-hybridized carbons (Fsp3) is 0.0714. The van der Waals surface area contributed by atoms with E-state index in [4.69, 9.17) is 20.1 Å². The monoisotopic (exact) mass is 266 g/mol. The molecule has 6 nitrogen and oxygen atoms in total. The first-order valence-electron chi connectivity index (χ1n) is 5.87. The average molecular weight is 266 g/mol. The summed E-state index contributed by atoms with van der Waals surface area (Å²) < 4.78 is 11.1. The van der Waals surface area contributed by atoms with E-state index in [2.05, 4.69) is 9.97 Å². The van der Waals surface area contributed by atoms with Crippen LogP contribution in [0.1, 0.15) is 11.3 Å². The molecular formula is C14H10N4O2. The fourth-order valence-electron chi connectivity index (χ4n) is 1.84. The molecular weight excluding hydrogens is 256 g/mol. The molecule has 0 aliphatic heterocycles. The quantitative estimate of drug-likeness (QED) is 0.765. The van der Waals surface area contributed by atoms with Crippen molar-refractivity contribution in [3.63, 3.8) is 0 Å². The van der Waals surface area contributed by atoms with Crippen LogP contribution < -0.4 is 10.5 Å². The van der Waals surface area contributed by atoms with Gasteiger partial charge in [-0.1, -0.05) is 12.1 Å². The van der Waals surface area contributed by atoms with Crippen molar-refractivity contribution in [2.24, 2.45) is 0 Å². The van der Waals surface area contributed by atoms with Crippen molar-refractivity contribution in [3.8, 4) is 17.7 Å². The first-order chi connectivity index (χ1) is 9.69. The zero-order valence-corrected chi connectivity index (χ0v) is 10.6. The van der Waals surface area contributed by atoms with Gasteiger partial charge < -0.3 is 14.9 Å². The molecule has 1 aromatic carbocycles. The van der Waals surface area contributed by atoms with Crippen molar-refractivity contribution in [3.05, 3.63) is 41.8 Å². The zero-order valence-electron chi connectivity index (χ0n) is 10.6. The number of ether oxygens (including phenoxy) is 1. The standard InChI is InChI=1S/C14H10N4O2/c1-8-7-17-14(16)18-13(8)20-12-9-4-2-3-5-10(9)19-11(12)6-15/h2-5,7H,1H3,(H2,16,17,18). The summed E-state index contributed by atoms with van der Waals surface area (Å²) in [6.07, 6.45) is 1.56. The molecule has 6 heteroatoms. The van der Waals surface area contributed by atoms with Gasteiger partial charge in [0.1, 0.15) is 11.7 Å². The zero-order chi connectivity index (χ0) is 14.1.